The Labute approximate surface area is 140 Å². The summed E-state index contributed by atoms with van der Waals surface area (Å²) in [6.45, 7) is 7.73. The van der Waals surface area contributed by atoms with Crippen LogP contribution in [0.2, 0.25) is 0 Å². The van der Waals surface area contributed by atoms with E-state index in [4.69, 9.17) is 9.26 Å². The van der Waals surface area contributed by atoms with Crippen LogP contribution in [0.1, 0.15) is 36.9 Å². The highest BCUT2D eigenvalue weighted by molar-refractivity contribution is 5.94. The van der Waals surface area contributed by atoms with Crippen LogP contribution in [0.5, 0.6) is 0 Å². The van der Waals surface area contributed by atoms with Crippen LogP contribution in [0, 0.1) is 20.8 Å². The standard InChI is InChI=1S/C16H22N4O4/c1-5-13(16(22)17-14-9-12(4)24-19-14)23-15(21)6-7-20-11(3)8-10(2)18-20/h8-9,13H,5-7H2,1-4H3,(H,17,19,22)/t13-/m1/s1. The van der Waals surface area contributed by atoms with E-state index < -0.39 is 18.0 Å². The quantitative estimate of drug-likeness (QED) is 0.779. The molecule has 8 nitrogen and oxygen atoms in total. The maximum atomic E-state index is 12.1. The molecule has 0 bridgehead atoms. The van der Waals surface area contributed by atoms with Gasteiger partial charge in [-0.2, -0.15) is 5.10 Å². The normalized spacial score (nSPS) is 12.0. The Kier molecular flexibility index (Phi) is 5.73. The van der Waals surface area contributed by atoms with Gasteiger partial charge in [0, 0.05) is 11.8 Å². The number of hydrogen-bond donors (Lipinski definition) is 1. The van der Waals surface area contributed by atoms with Crippen LogP contribution in [0.25, 0.3) is 0 Å². The first kappa shape index (κ1) is 17.7. The average molecular weight is 334 g/mol. The van der Waals surface area contributed by atoms with Crippen molar-refractivity contribution in [2.75, 3.05) is 5.32 Å². The van der Waals surface area contributed by atoms with E-state index in [-0.39, 0.29) is 6.42 Å². The van der Waals surface area contributed by atoms with Crippen LogP contribution >= 0.6 is 0 Å². The van der Waals surface area contributed by atoms with Gasteiger partial charge in [-0.25, -0.2) is 0 Å². The first-order chi connectivity index (χ1) is 11.4. The zero-order valence-corrected chi connectivity index (χ0v) is 14.3. The number of aromatic nitrogens is 3. The third-order valence-electron chi connectivity index (χ3n) is 3.45. The summed E-state index contributed by atoms with van der Waals surface area (Å²) in [6.07, 6.45) is -0.349. The lowest BCUT2D eigenvalue weighted by molar-refractivity contribution is -0.154. The number of amides is 1. The van der Waals surface area contributed by atoms with Gasteiger partial charge in [-0.3, -0.25) is 14.3 Å². The van der Waals surface area contributed by atoms with E-state index in [1.54, 1.807) is 24.6 Å². The highest BCUT2D eigenvalue weighted by Crippen LogP contribution is 2.10. The van der Waals surface area contributed by atoms with Crippen molar-refractivity contribution in [3.05, 3.63) is 29.3 Å². The molecule has 2 rings (SSSR count). The molecular formula is C16H22N4O4. The highest BCUT2D eigenvalue weighted by atomic mass is 16.5. The lowest BCUT2D eigenvalue weighted by atomic mass is 10.2. The van der Waals surface area contributed by atoms with Crippen molar-refractivity contribution in [1.82, 2.24) is 14.9 Å². The molecule has 1 atom stereocenters. The predicted molar refractivity (Wildman–Crippen MR) is 86.4 cm³/mol. The number of nitrogens with zero attached hydrogens (tertiary/aromatic N) is 3. The minimum atomic E-state index is -0.866. The van der Waals surface area contributed by atoms with Crippen molar-refractivity contribution >= 4 is 17.7 Å². The Morgan fingerprint density at radius 3 is 2.62 bits per heavy atom. The number of ether oxygens (including phenoxy) is 1. The van der Waals surface area contributed by atoms with Gasteiger partial charge in [0.05, 0.1) is 18.7 Å². The number of carbonyl (C=O) groups is 2. The van der Waals surface area contributed by atoms with Gasteiger partial charge in [0.25, 0.3) is 5.91 Å². The molecule has 0 saturated carbocycles. The van der Waals surface area contributed by atoms with Crippen LogP contribution in [0.4, 0.5) is 5.82 Å². The maximum Gasteiger partial charge on any atom is 0.308 e. The fraction of sp³-hybridized carbons (Fsp3) is 0.500. The van der Waals surface area contributed by atoms with Crippen LogP contribution in [-0.2, 0) is 20.9 Å². The largest absolute Gasteiger partial charge is 0.452 e. The van der Waals surface area contributed by atoms with E-state index in [1.807, 2.05) is 19.9 Å². The van der Waals surface area contributed by atoms with E-state index >= 15 is 0 Å². The molecule has 0 aliphatic heterocycles. The zero-order valence-electron chi connectivity index (χ0n) is 14.3. The second-order valence-corrected chi connectivity index (χ2v) is 5.60. The van der Waals surface area contributed by atoms with E-state index in [0.717, 1.165) is 11.4 Å². The summed E-state index contributed by atoms with van der Waals surface area (Å²) >= 11 is 0. The summed E-state index contributed by atoms with van der Waals surface area (Å²) in [5.74, 6) is 0.0148. The Bertz CT molecular complexity index is 719. The molecule has 0 fully saturated rings. The lowest BCUT2D eigenvalue weighted by Gasteiger charge is -2.15. The molecule has 0 spiro atoms. The SMILES string of the molecule is CC[C@@H](OC(=O)CCn1nc(C)cc1C)C(=O)Nc1cc(C)on1. The molecule has 0 saturated heterocycles. The third kappa shape index (κ3) is 4.68. The summed E-state index contributed by atoms with van der Waals surface area (Å²) in [7, 11) is 0. The van der Waals surface area contributed by atoms with Gasteiger partial charge in [0.15, 0.2) is 11.9 Å². The molecular weight excluding hydrogens is 312 g/mol. The van der Waals surface area contributed by atoms with Crippen LogP contribution in [0.3, 0.4) is 0 Å². The average Bonchev–Trinajstić information content (AvgIpc) is 3.07. The summed E-state index contributed by atoms with van der Waals surface area (Å²) in [5, 5.41) is 10.5. The van der Waals surface area contributed by atoms with E-state index in [1.165, 1.54) is 0 Å². The Hall–Kier alpha value is -2.64. The topological polar surface area (TPSA) is 99.2 Å². The Morgan fingerprint density at radius 1 is 1.33 bits per heavy atom. The molecule has 130 valence electrons. The summed E-state index contributed by atoms with van der Waals surface area (Å²) < 4.78 is 11.9. The van der Waals surface area contributed by atoms with Crippen molar-refractivity contribution in [2.45, 2.75) is 53.2 Å². The van der Waals surface area contributed by atoms with Gasteiger partial charge >= 0.3 is 5.97 Å². The second kappa shape index (κ2) is 7.76. The maximum absolute atomic E-state index is 12.1. The smallest absolute Gasteiger partial charge is 0.308 e. The molecule has 0 radical (unpaired) electrons. The molecule has 8 heteroatoms. The minimum Gasteiger partial charge on any atom is -0.452 e. The molecule has 1 N–H and O–H groups in total. The van der Waals surface area contributed by atoms with E-state index in [0.29, 0.717) is 24.5 Å². The molecule has 2 aromatic rings. The van der Waals surface area contributed by atoms with Crippen molar-refractivity contribution in [2.24, 2.45) is 0 Å². The first-order valence-electron chi connectivity index (χ1n) is 7.83. The summed E-state index contributed by atoms with van der Waals surface area (Å²) in [6, 6.07) is 3.53. The Morgan fingerprint density at radius 2 is 2.08 bits per heavy atom. The third-order valence-corrected chi connectivity index (χ3v) is 3.45. The second-order valence-electron chi connectivity index (χ2n) is 5.60. The van der Waals surface area contributed by atoms with Crippen molar-refractivity contribution in [1.29, 1.82) is 0 Å². The summed E-state index contributed by atoms with van der Waals surface area (Å²) in [4.78, 5) is 24.1. The van der Waals surface area contributed by atoms with Gasteiger partial charge in [-0.05, 0) is 33.3 Å². The number of carbonyl (C=O) groups excluding carboxylic acids is 2. The molecule has 0 unspecified atom stereocenters. The van der Waals surface area contributed by atoms with Crippen molar-refractivity contribution in [3.8, 4) is 0 Å². The monoisotopic (exact) mass is 334 g/mol. The van der Waals surface area contributed by atoms with Crippen LogP contribution in [0.15, 0.2) is 16.7 Å². The Balaban J connectivity index is 1.85. The summed E-state index contributed by atoms with van der Waals surface area (Å²) in [5.41, 5.74) is 1.88. The van der Waals surface area contributed by atoms with Gasteiger partial charge < -0.3 is 14.6 Å². The number of hydrogen-bond acceptors (Lipinski definition) is 6. The molecule has 0 aromatic carbocycles. The van der Waals surface area contributed by atoms with Gasteiger partial charge in [-0.1, -0.05) is 12.1 Å². The molecule has 24 heavy (non-hydrogen) atoms. The van der Waals surface area contributed by atoms with Gasteiger partial charge in [0.1, 0.15) is 5.76 Å². The number of esters is 1. The first-order valence-corrected chi connectivity index (χ1v) is 7.83. The number of nitrogens with one attached hydrogen (secondary N) is 1. The van der Waals surface area contributed by atoms with Crippen molar-refractivity contribution in [3.63, 3.8) is 0 Å². The van der Waals surface area contributed by atoms with Crippen molar-refractivity contribution < 1.29 is 18.8 Å². The van der Waals surface area contributed by atoms with Gasteiger partial charge in [0.2, 0.25) is 0 Å². The number of rotatable bonds is 7. The van der Waals surface area contributed by atoms with Crippen LogP contribution < -0.4 is 5.32 Å². The number of anilines is 1. The highest BCUT2D eigenvalue weighted by Gasteiger charge is 2.22. The fourth-order valence-corrected chi connectivity index (χ4v) is 2.27. The molecule has 0 aliphatic rings. The molecule has 2 aromatic heterocycles. The van der Waals surface area contributed by atoms with Crippen LogP contribution in [-0.4, -0.2) is 32.9 Å². The lowest BCUT2D eigenvalue weighted by Crippen LogP contribution is -2.32. The molecule has 1 amide bonds. The van der Waals surface area contributed by atoms with E-state index in [9.17, 15) is 9.59 Å². The minimum absolute atomic E-state index is 0.148. The number of aryl methyl sites for hydroxylation is 4. The fourth-order valence-electron chi connectivity index (χ4n) is 2.27. The predicted octanol–water partition coefficient (Wildman–Crippen LogP) is 2.15. The molecule has 0 aliphatic carbocycles. The van der Waals surface area contributed by atoms with E-state index in [2.05, 4.69) is 15.6 Å². The van der Waals surface area contributed by atoms with Gasteiger partial charge in [-0.15, -0.1) is 0 Å². The molecule has 2 heterocycles. The zero-order chi connectivity index (χ0) is 17.7.